The van der Waals surface area contributed by atoms with Gasteiger partial charge >= 0.3 is 5.97 Å². The Morgan fingerprint density at radius 3 is 2.83 bits per heavy atom. The van der Waals surface area contributed by atoms with Gasteiger partial charge in [-0.25, -0.2) is 9.07 Å². The van der Waals surface area contributed by atoms with E-state index in [1.165, 1.54) is 18.2 Å². The first-order valence-electron chi connectivity index (χ1n) is 8.99. The van der Waals surface area contributed by atoms with Crippen molar-refractivity contribution in [2.45, 2.75) is 25.9 Å². The van der Waals surface area contributed by atoms with Crippen LogP contribution < -0.4 is 5.32 Å². The van der Waals surface area contributed by atoms with Crippen LogP contribution in [-0.4, -0.2) is 21.7 Å². The van der Waals surface area contributed by atoms with E-state index in [9.17, 15) is 14.0 Å². The minimum Gasteiger partial charge on any atom is -0.460 e. The molecule has 1 atom stereocenters. The number of hydrogen-bond donors (Lipinski definition) is 1. The van der Waals surface area contributed by atoms with Crippen molar-refractivity contribution in [3.63, 3.8) is 0 Å². The van der Waals surface area contributed by atoms with Gasteiger partial charge in [-0.3, -0.25) is 9.59 Å². The number of para-hydroxylation sites is 1. The Hall–Kier alpha value is -3.19. The van der Waals surface area contributed by atoms with Crippen molar-refractivity contribution in [1.82, 2.24) is 9.78 Å². The van der Waals surface area contributed by atoms with E-state index in [1.54, 1.807) is 11.6 Å². The van der Waals surface area contributed by atoms with Gasteiger partial charge < -0.3 is 10.1 Å². The van der Waals surface area contributed by atoms with E-state index in [-0.39, 0.29) is 24.6 Å². The summed E-state index contributed by atoms with van der Waals surface area (Å²) < 4.78 is 20.5. The normalized spacial score (nSPS) is 15.6. The van der Waals surface area contributed by atoms with Crippen LogP contribution in [0.25, 0.3) is 5.69 Å². The second-order valence-corrected chi connectivity index (χ2v) is 7.10. The molecular weight excluding hydrogens is 397 g/mol. The minimum absolute atomic E-state index is 0.0620. The van der Waals surface area contributed by atoms with Crippen LogP contribution in [0.4, 0.5) is 10.1 Å². The number of carbonyl (C=O) groups excluding carboxylic acids is 2. The number of fused-ring (bicyclic) bond motifs is 1. The van der Waals surface area contributed by atoms with Crippen molar-refractivity contribution in [2.75, 3.05) is 5.32 Å². The monoisotopic (exact) mass is 413 g/mol. The molecule has 0 fully saturated rings. The molecule has 0 saturated carbocycles. The van der Waals surface area contributed by atoms with Gasteiger partial charge in [-0.05, 0) is 36.8 Å². The third-order valence-electron chi connectivity index (χ3n) is 4.82. The van der Waals surface area contributed by atoms with E-state index >= 15 is 0 Å². The number of ether oxygens (including phenoxy) is 1. The number of rotatable bonds is 4. The van der Waals surface area contributed by atoms with E-state index < -0.39 is 17.7 Å². The van der Waals surface area contributed by atoms with Crippen molar-refractivity contribution in [3.05, 3.63) is 76.3 Å². The number of carbonyl (C=O) groups is 2. The zero-order valence-electron chi connectivity index (χ0n) is 15.5. The summed E-state index contributed by atoms with van der Waals surface area (Å²) in [6, 6.07) is 13.3. The standard InChI is InChI=1S/C21H17ClFN3O3/c1-12-17(20(22)26(25-12)14-5-3-2-4-6-14)11-29-21(28)16-10-19(27)24-18-9-13(23)7-8-15(16)18/h2-9,16H,10-11H2,1H3,(H,24,27). The second-order valence-electron chi connectivity index (χ2n) is 6.75. The molecule has 29 heavy (non-hydrogen) atoms. The van der Waals surface area contributed by atoms with Crippen LogP contribution in [0.1, 0.15) is 29.2 Å². The molecule has 0 radical (unpaired) electrons. The van der Waals surface area contributed by atoms with Crippen molar-refractivity contribution in [1.29, 1.82) is 0 Å². The fraction of sp³-hybridized carbons (Fsp3) is 0.190. The molecule has 1 aromatic heterocycles. The summed E-state index contributed by atoms with van der Waals surface area (Å²) in [7, 11) is 0. The Kier molecular flexibility index (Phi) is 5.07. The number of aryl methyl sites for hydroxylation is 1. The molecule has 0 aliphatic carbocycles. The van der Waals surface area contributed by atoms with Crippen LogP contribution in [0.3, 0.4) is 0 Å². The number of benzene rings is 2. The van der Waals surface area contributed by atoms with Crippen LogP contribution in [0.5, 0.6) is 0 Å². The molecule has 0 spiro atoms. The topological polar surface area (TPSA) is 73.2 Å². The zero-order chi connectivity index (χ0) is 20.5. The van der Waals surface area contributed by atoms with Crippen molar-refractivity contribution in [3.8, 4) is 5.69 Å². The molecule has 6 nitrogen and oxygen atoms in total. The summed E-state index contributed by atoms with van der Waals surface area (Å²) in [4.78, 5) is 24.6. The van der Waals surface area contributed by atoms with Gasteiger partial charge in [0.25, 0.3) is 0 Å². The predicted molar refractivity (Wildman–Crippen MR) is 105 cm³/mol. The molecule has 1 N–H and O–H groups in total. The van der Waals surface area contributed by atoms with Gasteiger partial charge in [-0.1, -0.05) is 35.9 Å². The molecule has 0 saturated heterocycles. The smallest absolute Gasteiger partial charge is 0.314 e. The van der Waals surface area contributed by atoms with Gasteiger partial charge in [0.2, 0.25) is 5.91 Å². The highest BCUT2D eigenvalue weighted by molar-refractivity contribution is 6.30. The van der Waals surface area contributed by atoms with Gasteiger partial charge in [-0.15, -0.1) is 0 Å². The molecule has 2 heterocycles. The summed E-state index contributed by atoms with van der Waals surface area (Å²) in [5, 5.41) is 7.35. The predicted octanol–water partition coefficient (Wildman–Crippen LogP) is 4.14. The summed E-state index contributed by atoms with van der Waals surface area (Å²) in [6.07, 6.45) is -0.0620. The highest BCUT2D eigenvalue weighted by Gasteiger charge is 2.32. The Morgan fingerprint density at radius 1 is 1.31 bits per heavy atom. The van der Waals surface area contributed by atoms with Crippen LogP contribution >= 0.6 is 11.6 Å². The number of nitrogens with one attached hydrogen (secondary N) is 1. The highest BCUT2D eigenvalue weighted by Crippen LogP contribution is 2.34. The van der Waals surface area contributed by atoms with E-state index in [4.69, 9.17) is 16.3 Å². The first kappa shape index (κ1) is 19.1. The van der Waals surface area contributed by atoms with E-state index in [0.717, 1.165) is 5.69 Å². The average Bonchev–Trinajstić information content (AvgIpc) is 2.99. The maximum absolute atomic E-state index is 13.5. The first-order chi connectivity index (χ1) is 13.9. The lowest BCUT2D eigenvalue weighted by molar-refractivity contribution is -0.148. The van der Waals surface area contributed by atoms with Crippen LogP contribution in [0.15, 0.2) is 48.5 Å². The van der Waals surface area contributed by atoms with E-state index in [2.05, 4.69) is 10.4 Å². The number of aromatic nitrogens is 2. The van der Waals surface area contributed by atoms with Crippen LogP contribution in [0, 0.1) is 12.7 Å². The molecule has 4 rings (SSSR count). The molecule has 1 aliphatic heterocycles. The Bertz CT molecular complexity index is 1100. The summed E-state index contributed by atoms with van der Waals surface area (Å²) in [6.45, 7) is 1.70. The summed E-state index contributed by atoms with van der Waals surface area (Å²) in [5.74, 6) is -2.23. The Labute approximate surface area is 171 Å². The lowest BCUT2D eigenvalue weighted by Gasteiger charge is -2.24. The van der Waals surface area contributed by atoms with Crippen molar-refractivity contribution >= 4 is 29.2 Å². The Morgan fingerprint density at radius 2 is 2.07 bits per heavy atom. The number of anilines is 1. The molecule has 1 aliphatic rings. The van der Waals surface area contributed by atoms with Gasteiger partial charge in [-0.2, -0.15) is 5.10 Å². The minimum atomic E-state index is -0.803. The molecule has 148 valence electrons. The van der Waals surface area contributed by atoms with Crippen LogP contribution in [-0.2, 0) is 20.9 Å². The second kappa shape index (κ2) is 7.67. The Balaban J connectivity index is 1.54. The SMILES string of the molecule is Cc1nn(-c2ccccc2)c(Cl)c1COC(=O)C1CC(=O)Nc2cc(F)ccc21. The number of esters is 1. The van der Waals surface area contributed by atoms with Crippen molar-refractivity contribution < 1.29 is 18.7 Å². The average molecular weight is 414 g/mol. The van der Waals surface area contributed by atoms with E-state index in [0.29, 0.717) is 22.0 Å². The lowest BCUT2D eigenvalue weighted by Crippen LogP contribution is -2.28. The van der Waals surface area contributed by atoms with Crippen molar-refractivity contribution in [2.24, 2.45) is 0 Å². The van der Waals surface area contributed by atoms with Gasteiger partial charge in [0.05, 0.1) is 17.3 Å². The number of amides is 1. The molecule has 1 unspecified atom stereocenters. The molecule has 0 bridgehead atoms. The first-order valence-corrected chi connectivity index (χ1v) is 9.37. The maximum Gasteiger partial charge on any atom is 0.314 e. The number of halogens is 2. The molecular formula is C21H17ClFN3O3. The van der Waals surface area contributed by atoms with Crippen LogP contribution in [0.2, 0.25) is 5.15 Å². The van der Waals surface area contributed by atoms with Gasteiger partial charge in [0.1, 0.15) is 17.6 Å². The molecule has 1 amide bonds. The molecule has 8 heteroatoms. The quantitative estimate of drug-likeness (QED) is 0.652. The fourth-order valence-electron chi connectivity index (χ4n) is 3.33. The zero-order valence-corrected chi connectivity index (χ0v) is 16.2. The number of nitrogens with zero attached hydrogens (tertiary/aromatic N) is 2. The lowest BCUT2D eigenvalue weighted by atomic mass is 9.90. The third-order valence-corrected chi connectivity index (χ3v) is 5.21. The molecule has 3 aromatic rings. The van der Waals surface area contributed by atoms with Gasteiger partial charge in [0, 0.05) is 17.7 Å². The van der Waals surface area contributed by atoms with Gasteiger partial charge in [0.15, 0.2) is 0 Å². The summed E-state index contributed by atoms with van der Waals surface area (Å²) >= 11 is 6.46. The highest BCUT2D eigenvalue weighted by atomic mass is 35.5. The number of hydrogen-bond acceptors (Lipinski definition) is 4. The fourth-order valence-corrected chi connectivity index (χ4v) is 3.65. The third kappa shape index (κ3) is 3.73. The summed E-state index contributed by atoms with van der Waals surface area (Å²) in [5.41, 5.74) is 2.82. The van der Waals surface area contributed by atoms with E-state index in [1.807, 2.05) is 30.3 Å². The maximum atomic E-state index is 13.5. The largest absolute Gasteiger partial charge is 0.460 e. The molecule has 2 aromatic carbocycles.